The Hall–Kier alpha value is -0.940. The Morgan fingerprint density at radius 1 is 1.00 bits per heavy atom. The Bertz CT molecular complexity index is 707. The molecule has 2 aromatic rings. The van der Waals surface area contributed by atoms with Gasteiger partial charge in [0.15, 0.2) is 0 Å². The summed E-state index contributed by atoms with van der Waals surface area (Å²) in [5.41, 5.74) is 0. The van der Waals surface area contributed by atoms with E-state index >= 15 is 0 Å². The first kappa shape index (κ1) is 18.4. The molecule has 0 atom stereocenters. The molecule has 3 nitrogen and oxygen atoms in total. The third-order valence-corrected chi connectivity index (χ3v) is 4.11. The zero-order chi connectivity index (χ0) is 16.8. The minimum Gasteiger partial charge on any atom is -0.492 e. The van der Waals surface area contributed by atoms with E-state index in [4.69, 9.17) is 44.3 Å². The zero-order valence-electron chi connectivity index (χ0n) is 11.8. The summed E-state index contributed by atoms with van der Waals surface area (Å²) in [6.45, 7) is 0.338. The number of rotatable bonds is 6. The Morgan fingerprint density at radius 2 is 1.70 bits per heavy atom. The first-order chi connectivity index (χ1) is 11.0. The van der Waals surface area contributed by atoms with Crippen molar-refractivity contribution in [2.45, 2.75) is 12.8 Å². The Balaban J connectivity index is 1.76. The summed E-state index contributed by atoms with van der Waals surface area (Å²) in [6, 6.07) is 10.0. The molecule has 2 aromatic carbocycles. The SMILES string of the molecule is O=C(CCCOc1ccc(Cl)cc1Cl)Oc1ccc(Br)cc1Cl. The largest absolute Gasteiger partial charge is 0.492 e. The number of carbonyl (C=O) groups excluding carboxylic acids is 1. The van der Waals surface area contributed by atoms with Crippen LogP contribution in [0.2, 0.25) is 15.1 Å². The van der Waals surface area contributed by atoms with Gasteiger partial charge in [-0.1, -0.05) is 50.7 Å². The van der Waals surface area contributed by atoms with Gasteiger partial charge in [-0.3, -0.25) is 4.79 Å². The number of hydrogen-bond donors (Lipinski definition) is 0. The van der Waals surface area contributed by atoms with Crippen molar-refractivity contribution in [3.05, 3.63) is 55.9 Å². The van der Waals surface area contributed by atoms with E-state index in [9.17, 15) is 4.79 Å². The maximum absolute atomic E-state index is 11.8. The highest BCUT2D eigenvalue weighted by atomic mass is 79.9. The quantitative estimate of drug-likeness (QED) is 0.307. The van der Waals surface area contributed by atoms with Crippen molar-refractivity contribution < 1.29 is 14.3 Å². The molecular formula is C16H12BrCl3O3. The number of hydrogen-bond acceptors (Lipinski definition) is 3. The fourth-order valence-electron chi connectivity index (χ4n) is 1.72. The smallest absolute Gasteiger partial charge is 0.311 e. The van der Waals surface area contributed by atoms with E-state index in [0.29, 0.717) is 39.6 Å². The van der Waals surface area contributed by atoms with Crippen molar-refractivity contribution in [2.24, 2.45) is 0 Å². The summed E-state index contributed by atoms with van der Waals surface area (Å²) >= 11 is 21.1. The molecule has 0 saturated carbocycles. The van der Waals surface area contributed by atoms with Crippen molar-refractivity contribution in [1.29, 1.82) is 0 Å². The molecule has 0 aliphatic carbocycles. The van der Waals surface area contributed by atoms with Crippen LogP contribution >= 0.6 is 50.7 Å². The zero-order valence-corrected chi connectivity index (χ0v) is 15.7. The Labute approximate surface area is 157 Å². The van der Waals surface area contributed by atoms with Crippen LogP contribution in [0.1, 0.15) is 12.8 Å². The fraction of sp³-hybridized carbons (Fsp3) is 0.188. The molecule has 2 rings (SSSR count). The van der Waals surface area contributed by atoms with Crippen LogP contribution in [0.5, 0.6) is 11.5 Å². The molecule has 23 heavy (non-hydrogen) atoms. The molecule has 7 heteroatoms. The van der Waals surface area contributed by atoms with Crippen molar-refractivity contribution in [2.75, 3.05) is 6.61 Å². The van der Waals surface area contributed by atoms with E-state index < -0.39 is 0 Å². The molecule has 0 unspecified atom stereocenters. The van der Waals surface area contributed by atoms with E-state index in [2.05, 4.69) is 15.9 Å². The summed E-state index contributed by atoms with van der Waals surface area (Å²) < 4.78 is 11.5. The standard InChI is InChI=1S/C16H12BrCl3O3/c17-10-3-5-15(12(19)8-10)23-16(21)2-1-7-22-14-6-4-11(18)9-13(14)20/h3-6,8-9H,1-2,7H2. The molecule has 0 aromatic heterocycles. The molecule has 0 spiro atoms. The van der Waals surface area contributed by atoms with Gasteiger partial charge in [0.1, 0.15) is 11.5 Å². The van der Waals surface area contributed by atoms with Gasteiger partial charge in [-0.15, -0.1) is 0 Å². The molecule has 0 fully saturated rings. The summed E-state index contributed by atoms with van der Waals surface area (Å²) in [6.07, 6.45) is 0.698. The van der Waals surface area contributed by atoms with Gasteiger partial charge in [-0.2, -0.15) is 0 Å². The molecule has 0 aliphatic rings. The summed E-state index contributed by atoms with van der Waals surface area (Å²) in [4.78, 5) is 11.8. The number of esters is 1. The summed E-state index contributed by atoms with van der Waals surface area (Å²) in [7, 11) is 0. The molecule has 0 N–H and O–H groups in total. The van der Waals surface area contributed by atoms with E-state index in [0.717, 1.165) is 4.47 Å². The van der Waals surface area contributed by atoms with E-state index in [1.807, 2.05) is 0 Å². The average Bonchev–Trinajstić information content (AvgIpc) is 2.48. The van der Waals surface area contributed by atoms with Crippen LogP contribution in [0.25, 0.3) is 0 Å². The minimum absolute atomic E-state index is 0.206. The van der Waals surface area contributed by atoms with Crippen molar-refractivity contribution >= 4 is 56.7 Å². The monoisotopic (exact) mass is 436 g/mol. The maximum atomic E-state index is 11.8. The lowest BCUT2D eigenvalue weighted by atomic mass is 10.3. The van der Waals surface area contributed by atoms with E-state index in [-0.39, 0.29) is 12.4 Å². The Morgan fingerprint density at radius 3 is 2.39 bits per heavy atom. The lowest BCUT2D eigenvalue weighted by Gasteiger charge is -2.09. The number of ether oxygens (including phenoxy) is 2. The minimum atomic E-state index is -0.375. The normalized spacial score (nSPS) is 10.4. The lowest BCUT2D eigenvalue weighted by Crippen LogP contribution is -2.10. The highest BCUT2D eigenvalue weighted by Gasteiger charge is 2.09. The first-order valence-corrected chi connectivity index (χ1v) is 8.62. The van der Waals surface area contributed by atoms with Gasteiger partial charge in [0.05, 0.1) is 16.7 Å². The van der Waals surface area contributed by atoms with Crippen molar-refractivity contribution in [3.63, 3.8) is 0 Å². The van der Waals surface area contributed by atoms with Gasteiger partial charge in [0, 0.05) is 15.9 Å². The summed E-state index contributed by atoms with van der Waals surface area (Å²) in [5.74, 6) is 0.488. The predicted octanol–water partition coefficient (Wildman–Crippen LogP) is 6.17. The molecule has 0 saturated heterocycles. The molecule has 0 radical (unpaired) electrons. The average molecular weight is 439 g/mol. The molecule has 0 amide bonds. The van der Waals surface area contributed by atoms with Crippen LogP contribution < -0.4 is 9.47 Å². The van der Waals surface area contributed by atoms with Gasteiger partial charge in [-0.25, -0.2) is 0 Å². The lowest BCUT2D eigenvalue weighted by molar-refractivity contribution is -0.134. The molecule has 122 valence electrons. The van der Waals surface area contributed by atoms with Crippen LogP contribution in [0, 0.1) is 0 Å². The van der Waals surface area contributed by atoms with Crippen molar-refractivity contribution in [3.8, 4) is 11.5 Å². The van der Waals surface area contributed by atoms with Crippen LogP contribution in [0.3, 0.4) is 0 Å². The third-order valence-electron chi connectivity index (χ3n) is 2.79. The first-order valence-electron chi connectivity index (χ1n) is 6.69. The number of carbonyl (C=O) groups is 1. The highest BCUT2D eigenvalue weighted by Crippen LogP contribution is 2.29. The highest BCUT2D eigenvalue weighted by molar-refractivity contribution is 9.10. The van der Waals surface area contributed by atoms with Gasteiger partial charge in [-0.05, 0) is 42.8 Å². The van der Waals surface area contributed by atoms with Crippen LogP contribution in [-0.4, -0.2) is 12.6 Å². The topological polar surface area (TPSA) is 35.5 Å². The van der Waals surface area contributed by atoms with E-state index in [1.54, 1.807) is 36.4 Å². The molecule has 0 aliphatic heterocycles. The second kappa shape index (κ2) is 8.78. The van der Waals surface area contributed by atoms with Gasteiger partial charge < -0.3 is 9.47 Å². The Kier molecular flexibility index (Phi) is 7.03. The second-order valence-corrected chi connectivity index (χ2v) is 6.74. The third kappa shape index (κ3) is 5.88. The second-order valence-electron chi connectivity index (χ2n) is 4.58. The van der Waals surface area contributed by atoms with Crippen LogP contribution in [0.4, 0.5) is 0 Å². The number of benzene rings is 2. The molecule has 0 heterocycles. The van der Waals surface area contributed by atoms with Crippen LogP contribution in [0.15, 0.2) is 40.9 Å². The fourth-order valence-corrected chi connectivity index (χ4v) is 2.90. The molecule has 0 bridgehead atoms. The predicted molar refractivity (Wildman–Crippen MR) is 96.0 cm³/mol. The maximum Gasteiger partial charge on any atom is 0.311 e. The van der Waals surface area contributed by atoms with E-state index in [1.165, 1.54) is 0 Å². The van der Waals surface area contributed by atoms with Gasteiger partial charge in [0.2, 0.25) is 0 Å². The van der Waals surface area contributed by atoms with Gasteiger partial charge in [0.25, 0.3) is 0 Å². The van der Waals surface area contributed by atoms with Gasteiger partial charge >= 0.3 is 5.97 Å². The van der Waals surface area contributed by atoms with Crippen molar-refractivity contribution in [1.82, 2.24) is 0 Å². The summed E-state index contributed by atoms with van der Waals surface area (Å²) in [5, 5.41) is 1.34. The van der Waals surface area contributed by atoms with Crippen LogP contribution in [-0.2, 0) is 4.79 Å². The number of halogens is 4. The molecular weight excluding hydrogens is 426 g/mol.